The maximum absolute atomic E-state index is 14.5. The van der Waals surface area contributed by atoms with Gasteiger partial charge in [-0.2, -0.15) is 4.39 Å². The molecule has 0 bridgehead atoms. The minimum atomic E-state index is -0.856. The van der Waals surface area contributed by atoms with Gasteiger partial charge in [-0.25, -0.2) is 4.39 Å². The van der Waals surface area contributed by atoms with E-state index < -0.39 is 11.6 Å². The van der Waals surface area contributed by atoms with Crippen LogP contribution in [0.25, 0.3) is 5.57 Å². The molecule has 1 aliphatic carbocycles. The van der Waals surface area contributed by atoms with Crippen molar-refractivity contribution in [2.75, 3.05) is 6.61 Å². The molecule has 0 amide bonds. The van der Waals surface area contributed by atoms with Crippen LogP contribution in [0.15, 0.2) is 30.9 Å². The van der Waals surface area contributed by atoms with Gasteiger partial charge in [0.2, 0.25) is 5.82 Å². The van der Waals surface area contributed by atoms with Gasteiger partial charge in [-0.15, -0.1) is 6.58 Å². The molecule has 1 aliphatic rings. The van der Waals surface area contributed by atoms with E-state index in [9.17, 15) is 8.78 Å². The zero-order valence-electron chi connectivity index (χ0n) is 16.0. The lowest BCUT2D eigenvalue weighted by molar-refractivity contribution is 0.284. The summed E-state index contributed by atoms with van der Waals surface area (Å²) in [6.45, 7) is 6.36. The van der Waals surface area contributed by atoms with E-state index in [0.717, 1.165) is 56.9 Å². The SMILES string of the molecule is C=CCCC1CC=C(c2ccc(OCCCCCCC)c(F)c2F)CC1. The molecule has 0 saturated heterocycles. The van der Waals surface area contributed by atoms with Crippen molar-refractivity contribution in [3.8, 4) is 5.75 Å². The van der Waals surface area contributed by atoms with E-state index in [4.69, 9.17) is 4.74 Å². The van der Waals surface area contributed by atoms with E-state index in [-0.39, 0.29) is 5.75 Å². The summed E-state index contributed by atoms with van der Waals surface area (Å²) < 4.78 is 34.3. The van der Waals surface area contributed by atoms with Crippen LogP contribution in [0.3, 0.4) is 0 Å². The molecule has 144 valence electrons. The number of benzene rings is 1. The van der Waals surface area contributed by atoms with Crippen LogP contribution in [0.1, 0.15) is 76.7 Å². The van der Waals surface area contributed by atoms with Crippen LogP contribution in [0.4, 0.5) is 8.78 Å². The zero-order valence-corrected chi connectivity index (χ0v) is 16.0. The van der Waals surface area contributed by atoms with E-state index in [1.807, 2.05) is 6.08 Å². The fourth-order valence-corrected chi connectivity index (χ4v) is 3.53. The Bertz CT molecular complexity index is 606. The number of rotatable bonds is 11. The van der Waals surface area contributed by atoms with Crippen molar-refractivity contribution in [2.45, 2.75) is 71.1 Å². The summed E-state index contributed by atoms with van der Waals surface area (Å²) in [4.78, 5) is 0. The Balaban J connectivity index is 1.92. The largest absolute Gasteiger partial charge is 0.490 e. The third kappa shape index (κ3) is 5.96. The molecular weight excluding hydrogens is 330 g/mol. The predicted molar refractivity (Wildman–Crippen MR) is 105 cm³/mol. The molecule has 2 rings (SSSR count). The highest BCUT2D eigenvalue weighted by Crippen LogP contribution is 2.35. The van der Waals surface area contributed by atoms with Crippen LogP contribution in [-0.2, 0) is 0 Å². The van der Waals surface area contributed by atoms with E-state index >= 15 is 0 Å². The highest BCUT2D eigenvalue weighted by atomic mass is 19.2. The topological polar surface area (TPSA) is 9.23 Å². The molecule has 0 saturated carbocycles. The molecule has 0 N–H and O–H groups in total. The maximum Gasteiger partial charge on any atom is 0.201 e. The first-order chi connectivity index (χ1) is 12.7. The lowest BCUT2D eigenvalue weighted by Gasteiger charge is -2.22. The highest BCUT2D eigenvalue weighted by Gasteiger charge is 2.20. The summed E-state index contributed by atoms with van der Waals surface area (Å²) in [6.07, 6.45) is 14.4. The standard InChI is InChI=1S/C23H32F2O/c1-3-5-7-8-9-17-26-21-16-15-20(22(24)23(21)25)19-13-11-18(12-14-19)10-6-4-2/h4,13,15-16,18H,2-3,5-12,14,17H2,1H3. The van der Waals surface area contributed by atoms with Crippen molar-refractivity contribution in [2.24, 2.45) is 5.92 Å². The highest BCUT2D eigenvalue weighted by molar-refractivity contribution is 5.67. The molecule has 0 heterocycles. The number of allylic oxidation sites excluding steroid dienone is 3. The van der Waals surface area contributed by atoms with Crippen LogP contribution in [-0.4, -0.2) is 6.61 Å². The third-order valence-electron chi connectivity index (χ3n) is 5.20. The Hall–Kier alpha value is -1.64. The van der Waals surface area contributed by atoms with Gasteiger partial charge in [0, 0.05) is 5.56 Å². The van der Waals surface area contributed by atoms with E-state index in [1.54, 1.807) is 12.1 Å². The number of hydrogen-bond donors (Lipinski definition) is 0. The van der Waals surface area contributed by atoms with Gasteiger partial charge in [-0.1, -0.05) is 44.8 Å². The molecule has 0 aromatic heterocycles. The molecule has 0 aliphatic heterocycles. The Morgan fingerprint density at radius 1 is 1.15 bits per heavy atom. The van der Waals surface area contributed by atoms with Crippen LogP contribution in [0, 0.1) is 17.6 Å². The number of hydrogen-bond acceptors (Lipinski definition) is 1. The first-order valence-corrected chi connectivity index (χ1v) is 10.1. The first kappa shape index (κ1) is 20.7. The van der Waals surface area contributed by atoms with Gasteiger partial charge in [-0.3, -0.25) is 0 Å². The number of unbranched alkanes of at least 4 members (excludes halogenated alkanes) is 4. The molecule has 1 nitrogen and oxygen atoms in total. The van der Waals surface area contributed by atoms with Crippen molar-refractivity contribution in [1.29, 1.82) is 0 Å². The minimum absolute atomic E-state index is 0.0296. The van der Waals surface area contributed by atoms with Gasteiger partial charge in [0.05, 0.1) is 6.61 Å². The molecule has 1 atom stereocenters. The Morgan fingerprint density at radius 2 is 1.96 bits per heavy atom. The van der Waals surface area contributed by atoms with E-state index in [2.05, 4.69) is 19.6 Å². The summed E-state index contributed by atoms with van der Waals surface area (Å²) in [7, 11) is 0. The maximum atomic E-state index is 14.5. The molecule has 0 fully saturated rings. The molecule has 0 spiro atoms. The minimum Gasteiger partial charge on any atom is -0.490 e. The second kappa shape index (κ2) is 11.2. The summed E-state index contributed by atoms with van der Waals surface area (Å²) in [5.74, 6) is -0.975. The van der Waals surface area contributed by atoms with E-state index in [1.165, 1.54) is 12.8 Å². The van der Waals surface area contributed by atoms with Crippen LogP contribution in [0.5, 0.6) is 5.75 Å². The monoisotopic (exact) mass is 362 g/mol. The number of ether oxygens (including phenoxy) is 1. The fraction of sp³-hybridized carbons (Fsp3) is 0.565. The van der Waals surface area contributed by atoms with Crippen molar-refractivity contribution in [1.82, 2.24) is 0 Å². The molecule has 1 aromatic rings. The van der Waals surface area contributed by atoms with Gasteiger partial charge in [0.1, 0.15) is 0 Å². The van der Waals surface area contributed by atoms with Gasteiger partial charge in [0.25, 0.3) is 0 Å². The van der Waals surface area contributed by atoms with Crippen molar-refractivity contribution >= 4 is 5.57 Å². The molecule has 3 heteroatoms. The summed E-state index contributed by atoms with van der Waals surface area (Å²) in [6, 6.07) is 3.24. The van der Waals surface area contributed by atoms with Crippen molar-refractivity contribution < 1.29 is 13.5 Å². The van der Waals surface area contributed by atoms with Crippen LogP contribution in [0.2, 0.25) is 0 Å². The second-order valence-electron chi connectivity index (χ2n) is 7.24. The number of halogens is 2. The Kier molecular flexibility index (Phi) is 8.87. The third-order valence-corrected chi connectivity index (χ3v) is 5.20. The first-order valence-electron chi connectivity index (χ1n) is 10.1. The average molecular weight is 363 g/mol. The smallest absolute Gasteiger partial charge is 0.201 e. The summed E-state index contributed by atoms with van der Waals surface area (Å²) >= 11 is 0. The molecule has 1 aromatic carbocycles. The van der Waals surface area contributed by atoms with Gasteiger partial charge in [-0.05, 0) is 62.1 Å². The van der Waals surface area contributed by atoms with Crippen LogP contribution < -0.4 is 4.74 Å². The second-order valence-corrected chi connectivity index (χ2v) is 7.24. The van der Waals surface area contributed by atoms with Gasteiger partial charge >= 0.3 is 0 Å². The average Bonchev–Trinajstić information content (AvgIpc) is 2.67. The zero-order chi connectivity index (χ0) is 18.8. The van der Waals surface area contributed by atoms with Gasteiger partial charge in [0.15, 0.2) is 11.6 Å². The lowest BCUT2D eigenvalue weighted by atomic mass is 9.84. The summed E-state index contributed by atoms with van der Waals surface area (Å²) in [5, 5.41) is 0. The van der Waals surface area contributed by atoms with Gasteiger partial charge < -0.3 is 4.74 Å². The quantitative estimate of drug-likeness (QED) is 0.293. The van der Waals surface area contributed by atoms with Crippen molar-refractivity contribution in [3.63, 3.8) is 0 Å². The van der Waals surface area contributed by atoms with Crippen LogP contribution >= 0.6 is 0 Å². The van der Waals surface area contributed by atoms with Crippen molar-refractivity contribution in [3.05, 3.63) is 48.1 Å². The molecule has 0 radical (unpaired) electrons. The normalized spacial score (nSPS) is 17.0. The lowest BCUT2D eigenvalue weighted by Crippen LogP contribution is -2.07. The van der Waals surface area contributed by atoms with E-state index in [0.29, 0.717) is 18.1 Å². The molecular formula is C23H32F2O. The fourth-order valence-electron chi connectivity index (χ4n) is 3.53. The Morgan fingerprint density at radius 3 is 2.65 bits per heavy atom. The predicted octanol–water partition coefficient (Wildman–Crippen LogP) is 7.46. The Labute approximate surface area is 157 Å². The summed E-state index contributed by atoms with van der Waals surface area (Å²) in [5.41, 5.74) is 1.31. The molecule has 26 heavy (non-hydrogen) atoms. The molecule has 1 unspecified atom stereocenters.